The van der Waals surface area contributed by atoms with Crippen LogP contribution in [0.4, 0.5) is 0 Å². The summed E-state index contributed by atoms with van der Waals surface area (Å²) in [5, 5.41) is 10.9. The highest BCUT2D eigenvalue weighted by Gasteiger charge is 2.21. The van der Waals surface area contributed by atoms with Crippen molar-refractivity contribution < 1.29 is 4.79 Å². The van der Waals surface area contributed by atoms with Gasteiger partial charge in [-0.15, -0.1) is 5.10 Å². The number of nitrogens with zero attached hydrogens (tertiary/aromatic N) is 2. The van der Waals surface area contributed by atoms with Gasteiger partial charge in [0.15, 0.2) is 5.82 Å². The second-order valence-electron chi connectivity index (χ2n) is 6.33. The first-order valence-corrected chi connectivity index (χ1v) is 9.76. The zero-order chi connectivity index (χ0) is 17.8. The molecule has 1 aliphatic carbocycles. The first-order chi connectivity index (χ1) is 12.8. The third-order valence-electron chi connectivity index (χ3n) is 4.55. The number of carbonyl (C=O) groups is 1. The number of aryl methyl sites for hydroxylation is 1. The molecule has 0 spiro atoms. The quantitative estimate of drug-likeness (QED) is 0.676. The molecule has 1 aromatic heterocycles. The van der Waals surface area contributed by atoms with Gasteiger partial charge in [-0.2, -0.15) is 0 Å². The van der Waals surface area contributed by atoms with E-state index in [4.69, 9.17) is 0 Å². The lowest BCUT2D eigenvalue weighted by atomic mass is 9.88. The summed E-state index contributed by atoms with van der Waals surface area (Å²) < 4.78 is 0. The molecule has 1 aliphatic rings. The number of fused-ring (bicyclic) bond motifs is 1. The Morgan fingerprint density at radius 1 is 1.15 bits per heavy atom. The Kier molecular flexibility index (Phi) is 5.02. The van der Waals surface area contributed by atoms with E-state index in [-0.39, 0.29) is 11.9 Å². The Balaban J connectivity index is 1.35. The van der Waals surface area contributed by atoms with E-state index in [2.05, 4.69) is 38.7 Å². The standard InChI is InChI=1S/C20H20N4OS/c25-18(21-17-12-6-10-14-7-4-5-11-16(14)17)13-26-20-22-19(23-24-20)15-8-2-1-3-9-15/h1-5,7-9,11,17H,6,10,12-13H2,(H,21,25)(H,22,23,24)/t17-/m1/s1. The number of aromatic nitrogens is 3. The molecular weight excluding hydrogens is 344 g/mol. The Labute approximate surface area is 156 Å². The second-order valence-corrected chi connectivity index (χ2v) is 7.27. The molecule has 2 N–H and O–H groups in total. The molecule has 0 saturated heterocycles. The Hall–Kier alpha value is -2.60. The van der Waals surface area contributed by atoms with Crippen molar-refractivity contribution in [1.82, 2.24) is 20.5 Å². The summed E-state index contributed by atoms with van der Waals surface area (Å²) in [5.41, 5.74) is 3.58. The maximum absolute atomic E-state index is 12.4. The highest BCUT2D eigenvalue weighted by molar-refractivity contribution is 7.99. The zero-order valence-electron chi connectivity index (χ0n) is 14.3. The van der Waals surface area contributed by atoms with Gasteiger partial charge in [-0.25, -0.2) is 4.98 Å². The van der Waals surface area contributed by atoms with Crippen LogP contribution in [0, 0.1) is 0 Å². The van der Waals surface area contributed by atoms with Crippen LogP contribution in [0.15, 0.2) is 59.8 Å². The smallest absolute Gasteiger partial charge is 0.230 e. The summed E-state index contributed by atoms with van der Waals surface area (Å²) in [4.78, 5) is 16.8. The van der Waals surface area contributed by atoms with Crippen LogP contribution in [0.3, 0.4) is 0 Å². The summed E-state index contributed by atoms with van der Waals surface area (Å²) in [6.45, 7) is 0. The van der Waals surface area contributed by atoms with Crippen molar-refractivity contribution in [1.29, 1.82) is 0 Å². The molecule has 1 atom stereocenters. The molecule has 0 aliphatic heterocycles. The molecule has 132 valence electrons. The van der Waals surface area contributed by atoms with Crippen molar-refractivity contribution in [3.63, 3.8) is 0 Å². The molecule has 3 aromatic rings. The molecule has 2 aromatic carbocycles. The van der Waals surface area contributed by atoms with Gasteiger partial charge in [-0.1, -0.05) is 66.4 Å². The van der Waals surface area contributed by atoms with Crippen LogP contribution in [-0.2, 0) is 11.2 Å². The monoisotopic (exact) mass is 364 g/mol. The minimum absolute atomic E-state index is 0.0164. The van der Waals surface area contributed by atoms with E-state index >= 15 is 0 Å². The summed E-state index contributed by atoms with van der Waals surface area (Å²) in [6, 6.07) is 18.3. The number of hydrogen-bond donors (Lipinski definition) is 2. The number of nitrogens with one attached hydrogen (secondary N) is 2. The van der Waals surface area contributed by atoms with E-state index < -0.39 is 0 Å². The van der Waals surface area contributed by atoms with Crippen LogP contribution in [0.25, 0.3) is 11.4 Å². The zero-order valence-corrected chi connectivity index (χ0v) is 15.1. The van der Waals surface area contributed by atoms with Gasteiger partial charge in [0, 0.05) is 5.56 Å². The number of aromatic amines is 1. The molecule has 0 saturated carbocycles. The van der Waals surface area contributed by atoms with Gasteiger partial charge < -0.3 is 5.32 Å². The lowest BCUT2D eigenvalue weighted by Crippen LogP contribution is -2.32. The maximum Gasteiger partial charge on any atom is 0.230 e. The summed E-state index contributed by atoms with van der Waals surface area (Å²) >= 11 is 1.35. The normalized spacial score (nSPS) is 16.1. The average Bonchev–Trinajstić information content (AvgIpc) is 3.17. The lowest BCUT2D eigenvalue weighted by Gasteiger charge is -2.26. The minimum Gasteiger partial charge on any atom is -0.349 e. The maximum atomic E-state index is 12.4. The predicted octanol–water partition coefficient (Wildman–Crippen LogP) is 3.76. The third kappa shape index (κ3) is 3.80. The van der Waals surface area contributed by atoms with Gasteiger partial charge in [0.05, 0.1) is 11.8 Å². The number of thioether (sulfide) groups is 1. The number of benzene rings is 2. The number of amides is 1. The van der Waals surface area contributed by atoms with Crippen LogP contribution in [0.2, 0.25) is 0 Å². The summed E-state index contributed by atoms with van der Waals surface area (Å²) in [5.74, 6) is 1.04. The lowest BCUT2D eigenvalue weighted by molar-refractivity contribution is -0.119. The molecule has 0 bridgehead atoms. The largest absolute Gasteiger partial charge is 0.349 e. The van der Waals surface area contributed by atoms with Crippen molar-refractivity contribution >= 4 is 17.7 Å². The molecule has 1 heterocycles. The Morgan fingerprint density at radius 3 is 2.85 bits per heavy atom. The van der Waals surface area contributed by atoms with Gasteiger partial charge >= 0.3 is 0 Å². The third-order valence-corrected chi connectivity index (χ3v) is 5.40. The van der Waals surface area contributed by atoms with Crippen LogP contribution < -0.4 is 5.32 Å². The molecule has 5 nitrogen and oxygen atoms in total. The molecule has 0 radical (unpaired) electrons. The fourth-order valence-electron chi connectivity index (χ4n) is 3.31. The molecule has 6 heteroatoms. The molecule has 26 heavy (non-hydrogen) atoms. The molecule has 0 unspecified atom stereocenters. The van der Waals surface area contributed by atoms with Crippen LogP contribution in [0.5, 0.6) is 0 Å². The minimum atomic E-state index is 0.0164. The van der Waals surface area contributed by atoms with Crippen molar-refractivity contribution in [3.8, 4) is 11.4 Å². The van der Waals surface area contributed by atoms with E-state index in [9.17, 15) is 4.79 Å². The summed E-state index contributed by atoms with van der Waals surface area (Å²) in [6.07, 6.45) is 3.19. The van der Waals surface area contributed by atoms with E-state index in [0.717, 1.165) is 30.7 Å². The van der Waals surface area contributed by atoms with E-state index in [0.29, 0.717) is 10.9 Å². The average molecular weight is 364 g/mol. The first kappa shape index (κ1) is 16.8. The number of H-pyrrole nitrogens is 1. The SMILES string of the molecule is O=C(CSc1n[nH]c(-c2ccccc2)n1)N[C@@H]1CCCc2ccccc21. The molecule has 0 fully saturated rings. The van der Waals surface area contributed by atoms with Crippen molar-refractivity contribution in [2.45, 2.75) is 30.5 Å². The fourth-order valence-corrected chi connectivity index (χ4v) is 3.92. The predicted molar refractivity (Wildman–Crippen MR) is 103 cm³/mol. The fraction of sp³-hybridized carbons (Fsp3) is 0.250. The first-order valence-electron chi connectivity index (χ1n) is 8.77. The van der Waals surface area contributed by atoms with Crippen LogP contribution in [0.1, 0.15) is 30.0 Å². The van der Waals surface area contributed by atoms with Gasteiger partial charge in [-0.3, -0.25) is 9.89 Å². The van der Waals surface area contributed by atoms with Gasteiger partial charge in [-0.05, 0) is 30.4 Å². The topological polar surface area (TPSA) is 70.7 Å². The summed E-state index contributed by atoms with van der Waals surface area (Å²) in [7, 11) is 0. The van der Waals surface area contributed by atoms with Crippen molar-refractivity contribution in [2.24, 2.45) is 0 Å². The van der Waals surface area contributed by atoms with Crippen LogP contribution >= 0.6 is 11.8 Å². The van der Waals surface area contributed by atoms with Crippen molar-refractivity contribution in [3.05, 3.63) is 65.7 Å². The van der Waals surface area contributed by atoms with Gasteiger partial charge in [0.2, 0.25) is 11.1 Å². The number of rotatable bonds is 5. The Morgan fingerprint density at radius 2 is 1.96 bits per heavy atom. The highest BCUT2D eigenvalue weighted by Crippen LogP contribution is 2.29. The molecular formula is C20H20N4OS. The van der Waals surface area contributed by atoms with E-state index in [1.807, 2.05) is 36.4 Å². The van der Waals surface area contributed by atoms with E-state index in [1.54, 1.807) is 0 Å². The van der Waals surface area contributed by atoms with Gasteiger partial charge in [0.1, 0.15) is 0 Å². The second kappa shape index (κ2) is 7.74. The number of hydrogen-bond acceptors (Lipinski definition) is 4. The number of carbonyl (C=O) groups excluding carboxylic acids is 1. The molecule has 1 amide bonds. The highest BCUT2D eigenvalue weighted by atomic mass is 32.2. The van der Waals surface area contributed by atoms with E-state index in [1.165, 1.54) is 22.9 Å². The van der Waals surface area contributed by atoms with Crippen molar-refractivity contribution in [2.75, 3.05) is 5.75 Å². The molecule has 4 rings (SSSR count). The van der Waals surface area contributed by atoms with Crippen LogP contribution in [-0.4, -0.2) is 26.8 Å². The van der Waals surface area contributed by atoms with Gasteiger partial charge in [0.25, 0.3) is 0 Å². The Bertz CT molecular complexity index is 894.